The van der Waals surface area contributed by atoms with E-state index in [1.807, 2.05) is 0 Å². The van der Waals surface area contributed by atoms with Crippen LogP contribution in [0.25, 0.3) is 11.3 Å². The number of aryl methyl sites for hydroxylation is 1. The minimum absolute atomic E-state index is 0.00271. The zero-order valence-corrected chi connectivity index (χ0v) is 9.79. The monoisotopic (exact) mass is 271 g/mol. The zero-order chi connectivity index (χ0) is 14.2. The average molecular weight is 271 g/mol. The van der Waals surface area contributed by atoms with Gasteiger partial charge in [-0.05, 0) is 36.8 Å². The molecule has 0 aliphatic carbocycles. The molecule has 0 aliphatic heterocycles. The third-order valence-electron chi connectivity index (χ3n) is 2.49. The van der Waals surface area contributed by atoms with Crippen molar-refractivity contribution in [2.75, 3.05) is 5.73 Å². The molecule has 0 bridgehead atoms. The highest BCUT2D eigenvalue weighted by molar-refractivity contribution is 5.61. The van der Waals surface area contributed by atoms with Gasteiger partial charge in [0, 0.05) is 5.56 Å². The summed E-state index contributed by atoms with van der Waals surface area (Å²) in [7, 11) is 0. The van der Waals surface area contributed by atoms with Gasteiger partial charge in [-0.2, -0.15) is 13.2 Å². The van der Waals surface area contributed by atoms with E-state index in [0.717, 1.165) is 12.1 Å². The number of hydrogen-bond acceptors (Lipinski definition) is 3. The molecule has 0 unspecified atom stereocenters. The number of hydrogen-bond donors (Lipinski definition) is 1. The van der Waals surface area contributed by atoms with Crippen LogP contribution in [0, 0.1) is 12.7 Å². The Morgan fingerprint density at radius 2 is 1.79 bits per heavy atom. The Morgan fingerprint density at radius 1 is 1.11 bits per heavy atom. The third kappa shape index (κ3) is 2.81. The lowest BCUT2D eigenvalue weighted by atomic mass is 10.1. The van der Waals surface area contributed by atoms with Crippen LogP contribution in [0.3, 0.4) is 0 Å². The molecule has 1 heterocycles. The Labute approximate surface area is 106 Å². The first kappa shape index (κ1) is 13.3. The minimum Gasteiger partial charge on any atom is -0.368 e. The van der Waals surface area contributed by atoms with Crippen LogP contribution >= 0.6 is 0 Å². The molecule has 0 saturated carbocycles. The van der Waals surface area contributed by atoms with Crippen LogP contribution in [-0.4, -0.2) is 9.97 Å². The Bertz CT molecular complexity index is 623. The van der Waals surface area contributed by atoms with Gasteiger partial charge in [-0.15, -0.1) is 0 Å². The van der Waals surface area contributed by atoms with Crippen molar-refractivity contribution in [2.45, 2.75) is 13.1 Å². The van der Waals surface area contributed by atoms with E-state index < -0.39 is 23.6 Å². The zero-order valence-electron chi connectivity index (χ0n) is 9.79. The van der Waals surface area contributed by atoms with E-state index in [2.05, 4.69) is 9.97 Å². The fourth-order valence-corrected chi connectivity index (χ4v) is 1.56. The van der Waals surface area contributed by atoms with Crippen LogP contribution in [0.5, 0.6) is 0 Å². The van der Waals surface area contributed by atoms with Crippen LogP contribution in [0.1, 0.15) is 11.3 Å². The fourth-order valence-electron chi connectivity index (χ4n) is 1.56. The number of aromatic nitrogens is 2. The summed E-state index contributed by atoms with van der Waals surface area (Å²) in [4.78, 5) is 6.87. The summed E-state index contributed by atoms with van der Waals surface area (Å²) in [5.41, 5.74) is 4.79. The second kappa shape index (κ2) is 4.49. The summed E-state index contributed by atoms with van der Waals surface area (Å²) in [6.07, 6.45) is -4.61. The predicted octanol–water partition coefficient (Wildman–Crippen LogP) is 3.19. The molecule has 19 heavy (non-hydrogen) atoms. The third-order valence-corrected chi connectivity index (χ3v) is 2.49. The molecule has 0 atom stereocenters. The molecule has 0 fully saturated rings. The Kier molecular flexibility index (Phi) is 3.13. The lowest BCUT2D eigenvalue weighted by Gasteiger charge is -2.09. The van der Waals surface area contributed by atoms with E-state index in [-0.39, 0.29) is 5.69 Å². The maximum atomic E-state index is 13.1. The number of nitrogen functional groups attached to an aromatic ring is 1. The van der Waals surface area contributed by atoms with E-state index in [9.17, 15) is 17.6 Å². The van der Waals surface area contributed by atoms with Crippen LogP contribution in [-0.2, 0) is 6.18 Å². The topological polar surface area (TPSA) is 51.8 Å². The van der Waals surface area contributed by atoms with Gasteiger partial charge in [0.25, 0.3) is 0 Å². The summed E-state index contributed by atoms with van der Waals surface area (Å²) in [6.45, 7) is 1.51. The SMILES string of the molecule is Cc1cc(-c2cc(C(F)(F)F)nc(N)n2)ccc1F. The highest BCUT2D eigenvalue weighted by Crippen LogP contribution is 2.31. The molecule has 0 radical (unpaired) electrons. The highest BCUT2D eigenvalue weighted by atomic mass is 19.4. The van der Waals surface area contributed by atoms with Crippen molar-refractivity contribution in [1.29, 1.82) is 0 Å². The molecular weight excluding hydrogens is 262 g/mol. The maximum absolute atomic E-state index is 13.1. The van der Waals surface area contributed by atoms with Gasteiger partial charge in [0.2, 0.25) is 5.95 Å². The van der Waals surface area contributed by atoms with E-state index in [1.54, 1.807) is 0 Å². The van der Waals surface area contributed by atoms with Crippen molar-refractivity contribution in [3.63, 3.8) is 0 Å². The molecule has 2 N–H and O–H groups in total. The Hall–Kier alpha value is -2.18. The van der Waals surface area contributed by atoms with Gasteiger partial charge in [-0.3, -0.25) is 0 Å². The first-order valence-electron chi connectivity index (χ1n) is 5.25. The molecule has 2 rings (SSSR count). The number of nitrogens with zero attached hydrogens (tertiary/aromatic N) is 2. The first-order chi connectivity index (χ1) is 8.77. The van der Waals surface area contributed by atoms with Gasteiger partial charge >= 0.3 is 6.18 Å². The van der Waals surface area contributed by atoms with E-state index >= 15 is 0 Å². The van der Waals surface area contributed by atoms with Gasteiger partial charge in [0.1, 0.15) is 5.82 Å². The fraction of sp³-hybridized carbons (Fsp3) is 0.167. The average Bonchev–Trinajstić information content (AvgIpc) is 2.31. The largest absolute Gasteiger partial charge is 0.433 e. The molecule has 0 saturated heterocycles. The van der Waals surface area contributed by atoms with Gasteiger partial charge in [-0.1, -0.05) is 0 Å². The number of nitrogens with two attached hydrogens (primary N) is 1. The molecule has 2 aromatic rings. The summed E-state index contributed by atoms with van der Waals surface area (Å²) < 4.78 is 50.9. The maximum Gasteiger partial charge on any atom is 0.433 e. The van der Waals surface area contributed by atoms with Crippen molar-refractivity contribution < 1.29 is 17.6 Å². The number of alkyl halides is 3. The molecule has 0 amide bonds. The van der Waals surface area contributed by atoms with Gasteiger partial charge in [0.15, 0.2) is 5.69 Å². The van der Waals surface area contributed by atoms with Gasteiger partial charge in [-0.25, -0.2) is 14.4 Å². The van der Waals surface area contributed by atoms with E-state index in [1.165, 1.54) is 19.1 Å². The standard InChI is InChI=1S/C12H9F4N3/c1-6-4-7(2-3-8(6)13)9-5-10(12(14,15)16)19-11(17)18-9/h2-5H,1H3,(H2,17,18,19). The second-order valence-electron chi connectivity index (χ2n) is 3.96. The molecule has 1 aromatic heterocycles. The number of rotatable bonds is 1. The van der Waals surface area contributed by atoms with Crippen LogP contribution in [0.4, 0.5) is 23.5 Å². The smallest absolute Gasteiger partial charge is 0.368 e. The Balaban J connectivity index is 2.56. The van der Waals surface area contributed by atoms with Crippen molar-refractivity contribution in [3.8, 4) is 11.3 Å². The number of benzene rings is 1. The van der Waals surface area contributed by atoms with Crippen LogP contribution in [0.2, 0.25) is 0 Å². The van der Waals surface area contributed by atoms with Crippen molar-refractivity contribution in [3.05, 3.63) is 41.3 Å². The summed E-state index contributed by atoms with van der Waals surface area (Å²) in [6, 6.07) is 4.68. The predicted molar refractivity (Wildman–Crippen MR) is 61.6 cm³/mol. The van der Waals surface area contributed by atoms with E-state index in [4.69, 9.17) is 5.73 Å². The molecule has 3 nitrogen and oxygen atoms in total. The summed E-state index contributed by atoms with van der Waals surface area (Å²) in [5, 5.41) is 0. The molecule has 0 aliphatic rings. The number of halogens is 4. The quantitative estimate of drug-likeness (QED) is 0.810. The second-order valence-corrected chi connectivity index (χ2v) is 3.96. The van der Waals surface area contributed by atoms with E-state index in [0.29, 0.717) is 11.1 Å². The lowest BCUT2D eigenvalue weighted by molar-refractivity contribution is -0.141. The molecule has 0 spiro atoms. The normalized spacial score (nSPS) is 11.6. The molecule has 7 heteroatoms. The van der Waals surface area contributed by atoms with Crippen molar-refractivity contribution in [1.82, 2.24) is 9.97 Å². The highest BCUT2D eigenvalue weighted by Gasteiger charge is 2.33. The molecule has 1 aromatic carbocycles. The molecule has 100 valence electrons. The van der Waals surface area contributed by atoms with Crippen molar-refractivity contribution in [2.24, 2.45) is 0 Å². The van der Waals surface area contributed by atoms with Crippen LogP contribution < -0.4 is 5.73 Å². The number of anilines is 1. The lowest BCUT2D eigenvalue weighted by Crippen LogP contribution is -2.11. The summed E-state index contributed by atoms with van der Waals surface area (Å²) >= 11 is 0. The van der Waals surface area contributed by atoms with Gasteiger partial charge < -0.3 is 5.73 Å². The van der Waals surface area contributed by atoms with Crippen molar-refractivity contribution >= 4 is 5.95 Å². The van der Waals surface area contributed by atoms with Crippen LogP contribution in [0.15, 0.2) is 24.3 Å². The Morgan fingerprint density at radius 3 is 2.37 bits per heavy atom. The first-order valence-corrected chi connectivity index (χ1v) is 5.25. The summed E-state index contributed by atoms with van der Waals surface area (Å²) in [5.74, 6) is -0.923. The van der Waals surface area contributed by atoms with Gasteiger partial charge in [0.05, 0.1) is 5.69 Å². The minimum atomic E-state index is -4.61. The molecular formula is C12H9F4N3.